The number of fused-ring (bicyclic) bond motifs is 1. The summed E-state index contributed by atoms with van der Waals surface area (Å²) in [7, 11) is 0. The maximum atomic E-state index is 13.6. The third kappa shape index (κ3) is 3.43. The van der Waals surface area contributed by atoms with E-state index in [1.807, 2.05) is 0 Å². The van der Waals surface area contributed by atoms with E-state index in [0.29, 0.717) is 16.5 Å². The number of unbranched alkanes of at least 4 members (excludes halogenated alkanes) is 1. The lowest BCUT2D eigenvalue weighted by Crippen LogP contribution is -2.35. The van der Waals surface area contributed by atoms with Gasteiger partial charge < -0.3 is 4.57 Å². The van der Waals surface area contributed by atoms with Gasteiger partial charge >= 0.3 is 0 Å². The number of thioether (sulfide) groups is 1. The third-order valence-electron chi connectivity index (χ3n) is 4.40. The van der Waals surface area contributed by atoms with Crippen LogP contribution in [0.25, 0.3) is 11.8 Å². The first-order valence-corrected chi connectivity index (χ1v) is 9.81. The van der Waals surface area contributed by atoms with Crippen LogP contribution in [0.15, 0.2) is 58.3 Å². The fourth-order valence-corrected chi connectivity index (χ4v) is 3.91. The number of aromatic nitrogens is 1. The number of aliphatic imine (C=N–C) groups is 1. The van der Waals surface area contributed by atoms with Crippen LogP contribution in [0.5, 0.6) is 0 Å². The number of carbonyl (C=O) groups is 1. The largest absolute Gasteiger partial charge is 0.317 e. The Morgan fingerprint density at radius 3 is 2.93 bits per heavy atom. The van der Waals surface area contributed by atoms with Gasteiger partial charge in [-0.15, -0.1) is 0 Å². The zero-order valence-electron chi connectivity index (χ0n) is 15.2. The lowest BCUT2D eigenvalue weighted by Gasteiger charge is -2.20. The molecular formula is C20H18FN5OS. The van der Waals surface area contributed by atoms with Crippen LogP contribution >= 0.6 is 11.8 Å². The summed E-state index contributed by atoms with van der Waals surface area (Å²) < 4.78 is 15.3. The van der Waals surface area contributed by atoms with Gasteiger partial charge in [0.1, 0.15) is 10.9 Å². The highest BCUT2D eigenvalue weighted by Crippen LogP contribution is 2.30. The monoisotopic (exact) mass is 395 g/mol. The molecule has 0 bridgehead atoms. The number of amides is 1. The molecule has 1 N–H and O–H groups in total. The van der Waals surface area contributed by atoms with Crippen LogP contribution in [-0.2, 0) is 4.79 Å². The molecule has 0 fully saturated rings. The summed E-state index contributed by atoms with van der Waals surface area (Å²) in [5.74, 6) is -0.813. The van der Waals surface area contributed by atoms with Crippen molar-refractivity contribution in [1.29, 1.82) is 5.41 Å². The van der Waals surface area contributed by atoms with E-state index in [0.717, 1.165) is 24.3 Å². The van der Waals surface area contributed by atoms with Crippen molar-refractivity contribution in [1.82, 2.24) is 9.58 Å². The second-order valence-electron chi connectivity index (χ2n) is 6.40. The van der Waals surface area contributed by atoms with Crippen molar-refractivity contribution in [3.05, 3.63) is 59.7 Å². The third-order valence-corrected chi connectivity index (χ3v) is 5.37. The summed E-state index contributed by atoms with van der Waals surface area (Å²) in [5, 5.41) is 15.6. The molecule has 142 valence electrons. The first kappa shape index (κ1) is 18.4. The molecule has 6 nitrogen and oxygen atoms in total. The summed E-state index contributed by atoms with van der Waals surface area (Å²) in [4.78, 5) is 16.6. The molecule has 0 atom stereocenters. The van der Waals surface area contributed by atoms with Crippen LogP contribution < -0.4 is 0 Å². The molecule has 3 heterocycles. The van der Waals surface area contributed by atoms with Crippen molar-refractivity contribution in [3.8, 4) is 5.69 Å². The number of amidine groups is 2. The van der Waals surface area contributed by atoms with Gasteiger partial charge in [0.25, 0.3) is 5.91 Å². The molecule has 0 unspecified atom stereocenters. The smallest absolute Gasteiger partial charge is 0.283 e. The zero-order chi connectivity index (χ0) is 19.7. The van der Waals surface area contributed by atoms with E-state index in [4.69, 9.17) is 5.41 Å². The minimum atomic E-state index is -0.470. The molecule has 0 radical (unpaired) electrons. The Hall–Kier alpha value is -3.00. The zero-order valence-corrected chi connectivity index (χ0v) is 16.0. The lowest BCUT2D eigenvalue weighted by molar-refractivity contribution is -0.114. The number of hydrogen-bond donors (Lipinski definition) is 1. The van der Waals surface area contributed by atoms with E-state index in [1.54, 1.807) is 41.1 Å². The molecule has 1 aromatic carbocycles. The molecule has 0 saturated heterocycles. The first-order valence-electron chi connectivity index (χ1n) is 8.99. The van der Waals surface area contributed by atoms with Crippen LogP contribution in [0, 0.1) is 11.2 Å². The standard InChI is InChI=1S/C20H18FN5OS/c1-2-3-9-17-24-26-18(22)16(19(27)23-20(26)28-17)12-15-8-5-10-25(15)14-7-4-6-13(21)11-14/h4-8,10-12,22H,2-3,9H2,1H3/b16-12-,22-18?. The van der Waals surface area contributed by atoms with Gasteiger partial charge in [0.15, 0.2) is 5.84 Å². The van der Waals surface area contributed by atoms with Gasteiger partial charge in [0, 0.05) is 17.6 Å². The summed E-state index contributed by atoms with van der Waals surface area (Å²) in [6.07, 6.45) is 6.22. The van der Waals surface area contributed by atoms with Gasteiger partial charge in [-0.2, -0.15) is 15.1 Å². The van der Waals surface area contributed by atoms with Crippen LogP contribution in [0.2, 0.25) is 0 Å². The van der Waals surface area contributed by atoms with Gasteiger partial charge in [-0.25, -0.2) is 4.39 Å². The highest BCUT2D eigenvalue weighted by molar-refractivity contribution is 8.26. The van der Waals surface area contributed by atoms with Gasteiger partial charge in [0.2, 0.25) is 5.17 Å². The fourth-order valence-electron chi connectivity index (χ4n) is 2.98. The predicted molar refractivity (Wildman–Crippen MR) is 110 cm³/mol. The van der Waals surface area contributed by atoms with E-state index in [2.05, 4.69) is 17.0 Å². The average Bonchev–Trinajstić information content (AvgIpc) is 3.30. The number of hydrazone groups is 1. The minimum Gasteiger partial charge on any atom is -0.317 e. The first-order chi connectivity index (χ1) is 13.6. The Balaban J connectivity index is 1.67. The van der Waals surface area contributed by atoms with E-state index < -0.39 is 5.91 Å². The molecule has 0 spiro atoms. The number of nitrogens with zero attached hydrogens (tertiary/aromatic N) is 4. The van der Waals surface area contributed by atoms with Crippen molar-refractivity contribution < 1.29 is 9.18 Å². The van der Waals surface area contributed by atoms with Crippen molar-refractivity contribution in [2.24, 2.45) is 10.1 Å². The summed E-state index contributed by atoms with van der Waals surface area (Å²) in [6, 6.07) is 9.79. The SMILES string of the molecule is CCCCC1=NN2C(=N)/C(=C/c3cccn3-c3cccc(F)c3)C(=O)N=C2S1. The summed E-state index contributed by atoms with van der Waals surface area (Å²) in [6.45, 7) is 2.10. The number of nitrogens with one attached hydrogen (secondary N) is 1. The Kier molecular flexibility index (Phi) is 4.95. The molecule has 1 amide bonds. The van der Waals surface area contributed by atoms with Gasteiger partial charge in [-0.3, -0.25) is 10.2 Å². The maximum absolute atomic E-state index is 13.6. The van der Waals surface area contributed by atoms with Gasteiger partial charge in [-0.05, 0) is 61.0 Å². The van der Waals surface area contributed by atoms with E-state index in [9.17, 15) is 9.18 Å². The van der Waals surface area contributed by atoms with Crippen LogP contribution in [-0.4, -0.2) is 31.5 Å². The van der Waals surface area contributed by atoms with Crippen molar-refractivity contribution >= 4 is 39.8 Å². The minimum absolute atomic E-state index is 0.000917. The molecule has 28 heavy (non-hydrogen) atoms. The van der Waals surface area contributed by atoms with E-state index in [1.165, 1.54) is 28.9 Å². The molecule has 0 aliphatic carbocycles. The van der Waals surface area contributed by atoms with Crippen LogP contribution in [0.1, 0.15) is 31.9 Å². The summed E-state index contributed by atoms with van der Waals surface area (Å²) >= 11 is 1.34. The molecule has 2 aliphatic rings. The van der Waals surface area contributed by atoms with Crippen LogP contribution in [0.4, 0.5) is 4.39 Å². The van der Waals surface area contributed by atoms with E-state index in [-0.39, 0.29) is 17.2 Å². The normalized spacial score (nSPS) is 17.8. The Morgan fingerprint density at radius 1 is 1.29 bits per heavy atom. The molecule has 1 aromatic heterocycles. The van der Waals surface area contributed by atoms with Gasteiger partial charge in [0.05, 0.1) is 5.57 Å². The molecule has 0 saturated carbocycles. The Bertz CT molecular complexity index is 1050. The molecule has 2 aliphatic heterocycles. The van der Waals surface area contributed by atoms with Crippen molar-refractivity contribution in [3.63, 3.8) is 0 Å². The molecule has 2 aromatic rings. The summed E-state index contributed by atoms with van der Waals surface area (Å²) in [5.41, 5.74) is 1.44. The quantitative estimate of drug-likeness (QED) is 0.762. The van der Waals surface area contributed by atoms with Gasteiger partial charge in [-0.1, -0.05) is 19.4 Å². The maximum Gasteiger partial charge on any atom is 0.283 e. The van der Waals surface area contributed by atoms with E-state index >= 15 is 0 Å². The Labute approximate surface area is 166 Å². The Morgan fingerprint density at radius 2 is 2.14 bits per heavy atom. The van der Waals surface area contributed by atoms with Crippen molar-refractivity contribution in [2.45, 2.75) is 26.2 Å². The predicted octanol–water partition coefficient (Wildman–Crippen LogP) is 4.43. The molecule has 8 heteroatoms. The second kappa shape index (κ2) is 7.55. The van der Waals surface area contributed by atoms with Crippen molar-refractivity contribution in [2.75, 3.05) is 0 Å². The average molecular weight is 395 g/mol. The topological polar surface area (TPSA) is 73.8 Å². The lowest BCUT2D eigenvalue weighted by atomic mass is 10.1. The molecular weight excluding hydrogens is 377 g/mol. The number of carbonyl (C=O) groups excluding carboxylic acids is 1. The van der Waals surface area contributed by atoms with Crippen LogP contribution in [0.3, 0.4) is 0 Å². The second-order valence-corrected chi connectivity index (χ2v) is 7.44. The number of hydrogen-bond acceptors (Lipinski definition) is 4. The highest BCUT2D eigenvalue weighted by atomic mass is 32.2. The highest BCUT2D eigenvalue weighted by Gasteiger charge is 2.35. The number of halogens is 1. The fraction of sp³-hybridized carbons (Fsp3) is 0.200. The molecule has 4 rings (SSSR count). The number of rotatable bonds is 5. The number of benzene rings is 1.